The second kappa shape index (κ2) is 5.92. The maximum atomic E-state index is 12.0. The van der Waals surface area contributed by atoms with Gasteiger partial charge in [0.2, 0.25) is 0 Å². The topological polar surface area (TPSA) is 21.3 Å². The molecule has 4 heteroatoms. The third-order valence-corrected chi connectivity index (χ3v) is 2.89. The van der Waals surface area contributed by atoms with Gasteiger partial charge in [0, 0.05) is 12.6 Å². The smallest absolute Gasteiger partial charge is 0.320 e. The van der Waals surface area contributed by atoms with Crippen LogP contribution in [0.1, 0.15) is 46.5 Å². The Bertz CT molecular complexity index is 196. The molecule has 1 aliphatic carbocycles. The summed E-state index contributed by atoms with van der Waals surface area (Å²) in [4.78, 5) is 0. The summed E-state index contributed by atoms with van der Waals surface area (Å²) < 4.78 is 28.5. The van der Waals surface area contributed by atoms with Crippen molar-refractivity contribution in [2.75, 3.05) is 6.54 Å². The van der Waals surface area contributed by atoms with Crippen LogP contribution >= 0.6 is 0 Å². The zero-order chi connectivity index (χ0) is 12.2. The average Bonchev–Trinajstić information content (AvgIpc) is 2.14. The maximum Gasteiger partial charge on any atom is 0.345 e. The van der Waals surface area contributed by atoms with Crippen molar-refractivity contribution in [3.8, 4) is 0 Å². The van der Waals surface area contributed by atoms with Gasteiger partial charge in [0.05, 0.1) is 6.10 Å². The van der Waals surface area contributed by atoms with Crippen molar-refractivity contribution in [3.63, 3.8) is 0 Å². The summed E-state index contributed by atoms with van der Waals surface area (Å²) in [7, 11) is 0. The first-order valence-corrected chi connectivity index (χ1v) is 6.04. The first kappa shape index (κ1) is 13.8. The quantitative estimate of drug-likeness (QED) is 0.808. The molecule has 1 saturated carbocycles. The molecule has 0 spiro atoms. The second-order valence-electron chi connectivity index (χ2n) is 5.81. The highest BCUT2D eigenvalue weighted by Gasteiger charge is 2.24. The molecule has 0 aliphatic heterocycles. The van der Waals surface area contributed by atoms with Gasteiger partial charge in [0.1, 0.15) is 0 Å². The van der Waals surface area contributed by atoms with E-state index in [0.717, 1.165) is 32.2 Å². The molecule has 0 atom stereocenters. The van der Waals surface area contributed by atoms with E-state index in [9.17, 15) is 8.78 Å². The Balaban J connectivity index is 2.17. The fraction of sp³-hybridized carbons (Fsp3) is 1.00. The van der Waals surface area contributed by atoms with E-state index in [1.807, 2.05) is 0 Å². The fourth-order valence-electron chi connectivity index (χ4n) is 2.00. The zero-order valence-corrected chi connectivity index (χ0v) is 10.4. The molecule has 0 saturated heterocycles. The number of halogens is 2. The lowest BCUT2D eigenvalue weighted by atomic mass is 9.91. The Morgan fingerprint density at radius 3 is 2.19 bits per heavy atom. The molecule has 1 aliphatic rings. The Kier molecular flexibility index (Phi) is 5.12. The Morgan fingerprint density at radius 1 is 1.19 bits per heavy atom. The van der Waals surface area contributed by atoms with E-state index >= 15 is 0 Å². The largest absolute Gasteiger partial charge is 0.345 e. The van der Waals surface area contributed by atoms with Gasteiger partial charge in [-0.05, 0) is 31.1 Å². The molecule has 0 amide bonds. The Hall–Kier alpha value is -0.220. The van der Waals surface area contributed by atoms with E-state index in [4.69, 9.17) is 0 Å². The van der Waals surface area contributed by atoms with Gasteiger partial charge in [-0.3, -0.25) is 0 Å². The van der Waals surface area contributed by atoms with Crippen molar-refractivity contribution in [1.29, 1.82) is 0 Å². The van der Waals surface area contributed by atoms with Gasteiger partial charge in [0.25, 0.3) is 0 Å². The van der Waals surface area contributed by atoms with Crippen LogP contribution < -0.4 is 5.32 Å². The summed E-state index contributed by atoms with van der Waals surface area (Å²) in [5, 5.41) is 3.49. The summed E-state index contributed by atoms with van der Waals surface area (Å²) in [6.45, 7) is 4.91. The summed E-state index contributed by atoms with van der Waals surface area (Å²) in [5.74, 6) is 0. The lowest BCUT2D eigenvalue weighted by Crippen LogP contribution is -2.39. The molecule has 0 aromatic rings. The van der Waals surface area contributed by atoms with E-state index in [-0.39, 0.29) is 11.5 Å². The summed E-state index contributed by atoms with van der Waals surface area (Å²) in [5.41, 5.74) is 0.274. The molecule has 1 rings (SSSR count). The lowest BCUT2D eigenvalue weighted by molar-refractivity contribution is -0.170. The van der Waals surface area contributed by atoms with Crippen LogP contribution in [0.25, 0.3) is 0 Å². The highest BCUT2D eigenvalue weighted by atomic mass is 19.3. The number of hydrogen-bond acceptors (Lipinski definition) is 2. The Labute approximate surface area is 96.7 Å². The molecule has 1 fully saturated rings. The van der Waals surface area contributed by atoms with Crippen LogP contribution in [0, 0.1) is 5.41 Å². The van der Waals surface area contributed by atoms with Crippen LogP contribution in [-0.4, -0.2) is 25.3 Å². The minimum absolute atomic E-state index is 0.243. The molecule has 0 aromatic heterocycles. The first-order valence-electron chi connectivity index (χ1n) is 6.04. The minimum atomic E-state index is -2.62. The van der Waals surface area contributed by atoms with E-state index in [0.29, 0.717) is 6.04 Å². The predicted octanol–water partition coefficient (Wildman–Crippen LogP) is 3.17. The van der Waals surface area contributed by atoms with Gasteiger partial charge < -0.3 is 10.1 Å². The van der Waals surface area contributed by atoms with Crippen molar-refractivity contribution in [2.24, 2.45) is 5.41 Å². The molecule has 2 nitrogen and oxygen atoms in total. The average molecular weight is 235 g/mol. The highest BCUT2D eigenvalue weighted by Crippen LogP contribution is 2.23. The number of hydrogen-bond donors (Lipinski definition) is 1. The molecule has 0 unspecified atom stereocenters. The summed E-state index contributed by atoms with van der Waals surface area (Å²) in [6, 6.07) is 0.469. The second-order valence-corrected chi connectivity index (χ2v) is 5.81. The number of rotatable bonds is 4. The van der Waals surface area contributed by atoms with Crippen molar-refractivity contribution in [2.45, 2.75) is 65.2 Å². The van der Waals surface area contributed by atoms with Gasteiger partial charge in [-0.25, -0.2) is 0 Å². The monoisotopic (exact) mass is 235 g/mol. The number of alkyl halides is 2. The fourth-order valence-corrected chi connectivity index (χ4v) is 2.00. The third-order valence-electron chi connectivity index (χ3n) is 2.89. The van der Waals surface area contributed by atoms with Gasteiger partial charge in [0.15, 0.2) is 0 Å². The minimum Gasteiger partial charge on any atom is -0.320 e. The molecule has 16 heavy (non-hydrogen) atoms. The van der Waals surface area contributed by atoms with Crippen LogP contribution in [-0.2, 0) is 4.74 Å². The van der Waals surface area contributed by atoms with Crippen LogP contribution in [0.15, 0.2) is 0 Å². The van der Waals surface area contributed by atoms with Crippen LogP contribution in [0.3, 0.4) is 0 Å². The standard InChI is InChI=1S/C12H23F2NO/c1-12(2,3)8-15-9-4-6-10(7-5-9)16-11(13)14/h9-11,15H,4-8H2,1-3H3. The van der Waals surface area contributed by atoms with E-state index in [1.54, 1.807) is 0 Å². The summed E-state index contributed by atoms with van der Waals surface area (Å²) in [6.07, 6.45) is 3.12. The summed E-state index contributed by atoms with van der Waals surface area (Å²) >= 11 is 0. The molecule has 0 heterocycles. The maximum absolute atomic E-state index is 12.0. The van der Waals surface area contributed by atoms with Crippen LogP contribution in [0.4, 0.5) is 8.78 Å². The van der Waals surface area contributed by atoms with E-state index in [2.05, 4.69) is 30.8 Å². The van der Waals surface area contributed by atoms with Gasteiger partial charge in [-0.15, -0.1) is 0 Å². The first-order chi connectivity index (χ1) is 7.37. The van der Waals surface area contributed by atoms with Crippen molar-refractivity contribution in [3.05, 3.63) is 0 Å². The van der Waals surface area contributed by atoms with Gasteiger partial charge >= 0.3 is 6.61 Å². The molecule has 0 bridgehead atoms. The molecule has 1 N–H and O–H groups in total. The normalized spacial score (nSPS) is 27.4. The lowest BCUT2D eigenvalue weighted by Gasteiger charge is -2.31. The van der Waals surface area contributed by atoms with Crippen LogP contribution in [0.2, 0.25) is 0 Å². The van der Waals surface area contributed by atoms with Gasteiger partial charge in [-0.2, -0.15) is 8.78 Å². The highest BCUT2D eigenvalue weighted by molar-refractivity contribution is 4.79. The molecular formula is C12H23F2NO. The van der Waals surface area contributed by atoms with Crippen LogP contribution in [0.5, 0.6) is 0 Å². The molecule has 96 valence electrons. The molecule has 0 aromatic carbocycles. The van der Waals surface area contributed by atoms with Crippen molar-refractivity contribution < 1.29 is 13.5 Å². The SMILES string of the molecule is CC(C)(C)CNC1CCC(OC(F)F)CC1. The van der Waals surface area contributed by atoms with Crippen molar-refractivity contribution >= 4 is 0 Å². The Morgan fingerprint density at radius 2 is 1.75 bits per heavy atom. The molecular weight excluding hydrogens is 212 g/mol. The van der Waals surface area contributed by atoms with E-state index < -0.39 is 6.61 Å². The number of nitrogens with one attached hydrogen (secondary N) is 1. The zero-order valence-electron chi connectivity index (χ0n) is 10.4. The van der Waals surface area contributed by atoms with Crippen molar-refractivity contribution in [1.82, 2.24) is 5.32 Å². The van der Waals surface area contributed by atoms with Gasteiger partial charge in [-0.1, -0.05) is 20.8 Å². The number of ether oxygens (including phenoxy) is 1. The predicted molar refractivity (Wildman–Crippen MR) is 60.6 cm³/mol. The molecule has 0 radical (unpaired) electrons. The third kappa shape index (κ3) is 5.75. The van der Waals surface area contributed by atoms with E-state index in [1.165, 1.54) is 0 Å².